The van der Waals surface area contributed by atoms with Gasteiger partial charge in [-0.3, -0.25) is 4.79 Å². The summed E-state index contributed by atoms with van der Waals surface area (Å²) in [5.74, 6) is 0.879. The normalized spacial score (nSPS) is 37.4. The maximum Gasteiger partial charge on any atom is 0.170 e. The maximum atomic E-state index is 12.5. The summed E-state index contributed by atoms with van der Waals surface area (Å²) >= 11 is 0. The first-order valence-electron chi connectivity index (χ1n) is 6.18. The van der Waals surface area contributed by atoms with E-state index in [1.165, 1.54) is 6.42 Å². The summed E-state index contributed by atoms with van der Waals surface area (Å²) in [4.78, 5) is 12.5. The summed E-state index contributed by atoms with van der Waals surface area (Å²) in [6, 6.07) is 0. The predicted molar refractivity (Wildman–Crippen MR) is 65.7 cm³/mol. The number of nitrogens with zero attached hydrogens (tertiary/aromatic N) is 1. The van der Waals surface area contributed by atoms with Gasteiger partial charge in [-0.05, 0) is 24.2 Å². The highest BCUT2D eigenvalue weighted by Gasteiger charge is 2.64. The van der Waals surface area contributed by atoms with Crippen molar-refractivity contribution in [2.75, 3.05) is 21.1 Å². The molecule has 2 fully saturated rings. The van der Waals surface area contributed by atoms with Crippen LogP contribution in [0.25, 0.3) is 0 Å². The molecule has 0 saturated heterocycles. The standard InChI is InChI=1S/C14H24NO.ClH/c1-13(2)11-7-8-14(13,3)12(16)10(11)9-15(4,5)6;/h9,11H,7-8H2,1-6H3;1H/q+1;/p-1/b10-9-;. The van der Waals surface area contributed by atoms with Crippen molar-refractivity contribution in [2.45, 2.75) is 33.6 Å². The van der Waals surface area contributed by atoms with Crippen LogP contribution in [0.1, 0.15) is 33.6 Å². The zero-order valence-corrected chi connectivity index (χ0v) is 12.6. The van der Waals surface area contributed by atoms with E-state index in [9.17, 15) is 4.79 Å². The lowest BCUT2D eigenvalue weighted by atomic mass is 9.70. The molecule has 3 heteroatoms. The number of fused-ring (bicyclic) bond motifs is 2. The van der Waals surface area contributed by atoms with E-state index in [-0.39, 0.29) is 23.2 Å². The van der Waals surface area contributed by atoms with Crippen molar-refractivity contribution < 1.29 is 21.7 Å². The molecule has 0 aromatic heterocycles. The Labute approximate surface area is 111 Å². The lowest BCUT2D eigenvalue weighted by Crippen LogP contribution is -3.00. The van der Waals surface area contributed by atoms with Crippen LogP contribution in [0.5, 0.6) is 0 Å². The van der Waals surface area contributed by atoms with Gasteiger partial charge in [-0.25, -0.2) is 0 Å². The van der Waals surface area contributed by atoms with Crippen LogP contribution >= 0.6 is 0 Å². The Morgan fingerprint density at radius 3 is 2.12 bits per heavy atom. The molecule has 2 rings (SSSR count). The molecule has 0 spiro atoms. The van der Waals surface area contributed by atoms with Crippen molar-refractivity contribution in [3.05, 3.63) is 11.8 Å². The Hall–Kier alpha value is -0.340. The van der Waals surface area contributed by atoms with E-state index < -0.39 is 0 Å². The minimum Gasteiger partial charge on any atom is -1.00 e. The fourth-order valence-electron chi connectivity index (χ4n) is 3.49. The smallest absolute Gasteiger partial charge is 0.170 e. The molecule has 0 N–H and O–H groups in total. The average Bonchev–Trinajstić information content (AvgIpc) is 2.38. The summed E-state index contributed by atoms with van der Waals surface area (Å²) in [6.45, 7) is 6.68. The quantitative estimate of drug-likeness (QED) is 0.462. The Morgan fingerprint density at radius 1 is 1.24 bits per heavy atom. The Balaban J connectivity index is 0.00000144. The van der Waals surface area contributed by atoms with Crippen LogP contribution in [-0.2, 0) is 4.79 Å². The van der Waals surface area contributed by atoms with Gasteiger partial charge < -0.3 is 16.9 Å². The van der Waals surface area contributed by atoms with Crippen LogP contribution in [0, 0.1) is 16.7 Å². The number of rotatable bonds is 1. The molecule has 0 radical (unpaired) electrons. The van der Waals surface area contributed by atoms with Crippen molar-refractivity contribution in [1.29, 1.82) is 0 Å². The third-order valence-electron chi connectivity index (χ3n) is 4.89. The molecular formula is C14H24ClNO. The Kier molecular flexibility index (Phi) is 3.31. The van der Waals surface area contributed by atoms with E-state index in [1.807, 2.05) is 0 Å². The van der Waals surface area contributed by atoms with Gasteiger partial charge in [0.25, 0.3) is 0 Å². The molecule has 2 atom stereocenters. The second-order valence-corrected chi connectivity index (χ2v) is 7.17. The van der Waals surface area contributed by atoms with Crippen LogP contribution < -0.4 is 12.4 Å². The van der Waals surface area contributed by atoms with Gasteiger partial charge in [0.15, 0.2) is 5.78 Å². The molecule has 2 aliphatic carbocycles. The Bertz CT molecular complexity index is 378. The van der Waals surface area contributed by atoms with Gasteiger partial charge in [-0.2, -0.15) is 0 Å². The van der Waals surface area contributed by atoms with E-state index in [2.05, 4.69) is 48.1 Å². The number of hydrogen-bond donors (Lipinski definition) is 0. The highest BCUT2D eigenvalue weighted by molar-refractivity contribution is 6.04. The largest absolute Gasteiger partial charge is 1.00 e. The summed E-state index contributed by atoms with van der Waals surface area (Å²) in [5.41, 5.74) is 1.12. The van der Waals surface area contributed by atoms with Gasteiger partial charge in [0.05, 0.1) is 26.7 Å². The maximum absolute atomic E-state index is 12.5. The van der Waals surface area contributed by atoms with Gasteiger partial charge in [0, 0.05) is 5.41 Å². The third kappa shape index (κ3) is 1.86. The topological polar surface area (TPSA) is 17.1 Å². The van der Waals surface area contributed by atoms with E-state index in [0.717, 1.165) is 16.5 Å². The number of carbonyl (C=O) groups excluding carboxylic acids is 1. The monoisotopic (exact) mass is 257 g/mol. The minimum atomic E-state index is -0.112. The SMILES string of the molecule is CC12CCC(/C(=C/[N+](C)(C)C)C1=O)C2(C)C.[Cl-]. The van der Waals surface area contributed by atoms with Gasteiger partial charge in [0.1, 0.15) is 6.20 Å². The molecule has 98 valence electrons. The first kappa shape index (κ1) is 14.7. The van der Waals surface area contributed by atoms with Gasteiger partial charge in [-0.15, -0.1) is 0 Å². The molecule has 0 aliphatic heterocycles. The number of Topliss-reactive ketones (excluding diaryl/α,β-unsaturated/α-hetero) is 1. The molecule has 2 saturated carbocycles. The van der Waals surface area contributed by atoms with Crippen LogP contribution in [0.3, 0.4) is 0 Å². The second-order valence-electron chi connectivity index (χ2n) is 7.17. The van der Waals surface area contributed by atoms with Crippen molar-refractivity contribution in [3.63, 3.8) is 0 Å². The first-order chi connectivity index (χ1) is 7.09. The van der Waals surface area contributed by atoms with Crippen LogP contribution in [0.15, 0.2) is 11.8 Å². The molecule has 2 bridgehead atoms. The third-order valence-corrected chi connectivity index (χ3v) is 4.89. The summed E-state index contributed by atoms with van der Waals surface area (Å²) in [6.07, 6.45) is 4.40. The van der Waals surface area contributed by atoms with E-state index in [4.69, 9.17) is 0 Å². The van der Waals surface area contributed by atoms with Gasteiger partial charge in [0.2, 0.25) is 0 Å². The fraction of sp³-hybridized carbons (Fsp3) is 0.786. The van der Waals surface area contributed by atoms with Crippen LogP contribution in [0.4, 0.5) is 0 Å². The molecule has 2 unspecified atom stereocenters. The van der Waals surface area contributed by atoms with Gasteiger partial charge in [-0.1, -0.05) is 20.8 Å². The average molecular weight is 258 g/mol. The van der Waals surface area contributed by atoms with Crippen molar-refractivity contribution in [3.8, 4) is 0 Å². The highest BCUT2D eigenvalue weighted by atomic mass is 35.5. The van der Waals surface area contributed by atoms with Crippen molar-refractivity contribution in [1.82, 2.24) is 0 Å². The van der Waals surface area contributed by atoms with Crippen LogP contribution in [0.2, 0.25) is 0 Å². The fourth-order valence-corrected chi connectivity index (χ4v) is 3.49. The Morgan fingerprint density at radius 2 is 1.76 bits per heavy atom. The lowest BCUT2D eigenvalue weighted by molar-refractivity contribution is -0.817. The minimum absolute atomic E-state index is 0. The van der Waals surface area contributed by atoms with Crippen LogP contribution in [-0.4, -0.2) is 31.4 Å². The summed E-state index contributed by atoms with van der Waals surface area (Å²) < 4.78 is 0.740. The predicted octanol–water partition coefficient (Wildman–Crippen LogP) is -0.394. The number of hydrogen-bond acceptors (Lipinski definition) is 1. The van der Waals surface area contributed by atoms with E-state index >= 15 is 0 Å². The highest BCUT2D eigenvalue weighted by Crippen LogP contribution is 2.65. The van der Waals surface area contributed by atoms with E-state index in [1.54, 1.807) is 0 Å². The van der Waals surface area contributed by atoms with Crippen molar-refractivity contribution in [2.24, 2.45) is 16.7 Å². The second kappa shape index (κ2) is 3.83. The number of carbonyl (C=O) groups is 1. The first-order valence-corrected chi connectivity index (χ1v) is 6.18. The zero-order valence-electron chi connectivity index (χ0n) is 11.8. The molecule has 0 aromatic carbocycles. The molecule has 17 heavy (non-hydrogen) atoms. The number of halogens is 1. The molecule has 2 nitrogen and oxygen atoms in total. The molecule has 0 amide bonds. The number of allylic oxidation sites excluding steroid dienone is 1. The van der Waals surface area contributed by atoms with Gasteiger partial charge >= 0.3 is 0 Å². The molecular weight excluding hydrogens is 234 g/mol. The number of ketones is 1. The lowest BCUT2D eigenvalue weighted by Gasteiger charge is -2.31. The van der Waals surface area contributed by atoms with Crippen molar-refractivity contribution >= 4 is 5.78 Å². The number of quaternary nitrogens is 1. The molecule has 0 aromatic rings. The zero-order chi connectivity index (χ0) is 12.4. The summed E-state index contributed by atoms with van der Waals surface area (Å²) in [7, 11) is 6.34. The molecule has 2 aliphatic rings. The molecule has 0 heterocycles. The van der Waals surface area contributed by atoms with E-state index in [0.29, 0.717) is 11.7 Å². The summed E-state index contributed by atoms with van der Waals surface area (Å²) in [5, 5.41) is 0.